The summed E-state index contributed by atoms with van der Waals surface area (Å²) in [5.41, 5.74) is 3.58. The van der Waals surface area contributed by atoms with Gasteiger partial charge in [-0.15, -0.1) is 0 Å². The normalized spacial score (nSPS) is 11.2. The Balaban J connectivity index is 1.71. The molecule has 5 nitrogen and oxygen atoms in total. The zero-order valence-corrected chi connectivity index (χ0v) is 19.8. The van der Waals surface area contributed by atoms with E-state index in [-0.39, 0.29) is 17.3 Å². The van der Waals surface area contributed by atoms with Crippen LogP contribution in [0.4, 0.5) is 5.69 Å². The number of carbonyl (C=O) groups is 1. The monoisotopic (exact) mass is 470 g/mol. The van der Waals surface area contributed by atoms with Crippen molar-refractivity contribution in [1.29, 1.82) is 0 Å². The van der Waals surface area contributed by atoms with Crippen molar-refractivity contribution in [3.05, 3.63) is 94.5 Å². The summed E-state index contributed by atoms with van der Waals surface area (Å²) in [6, 6.07) is 21.3. The Morgan fingerprint density at radius 2 is 1.66 bits per heavy atom. The molecule has 0 atom stereocenters. The van der Waals surface area contributed by atoms with Crippen molar-refractivity contribution in [2.75, 3.05) is 17.4 Å². The first-order chi connectivity index (χ1) is 15.3. The third kappa shape index (κ3) is 6.11. The first-order valence-electron chi connectivity index (χ1n) is 10.4. The second-order valence-corrected chi connectivity index (χ2v) is 9.97. The van der Waals surface area contributed by atoms with E-state index in [9.17, 15) is 13.2 Å². The summed E-state index contributed by atoms with van der Waals surface area (Å²) in [6.07, 6.45) is 1.59. The number of anilines is 1. The molecule has 0 saturated carbocycles. The molecule has 3 aromatic rings. The van der Waals surface area contributed by atoms with E-state index < -0.39 is 10.0 Å². The van der Waals surface area contributed by atoms with Crippen LogP contribution in [0.5, 0.6) is 0 Å². The van der Waals surface area contributed by atoms with Crippen molar-refractivity contribution in [3.8, 4) is 0 Å². The molecule has 1 amide bonds. The maximum atomic E-state index is 13.3. The smallest absolute Gasteiger partial charge is 0.264 e. The Labute approximate surface area is 195 Å². The number of sulfonamides is 1. The zero-order valence-electron chi connectivity index (χ0n) is 18.2. The van der Waals surface area contributed by atoms with Gasteiger partial charge in [0, 0.05) is 11.6 Å². The van der Waals surface area contributed by atoms with Gasteiger partial charge in [-0.05, 0) is 62.1 Å². The number of hydrogen-bond acceptors (Lipinski definition) is 3. The van der Waals surface area contributed by atoms with Gasteiger partial charge in [0.15, 0.2) is 0 Å². The van der Waals surface area contributed by atoms with Crippen LogP contribution in [0.15, 0.2) is 77.7 Å². The Morgan fingerprint density at radius 3 is 2.31 bits per heavy atom. The maximum Gasteiger partial charge on any atom is 0.264 e. The molecule has 0 saturated heterocycles. The average molecular weight is 471 g/mol. The van der Waals surface area contributed by atoms with Crippen LogP contribution < -0.4 is 9.62 Å². The molecule has 32 heavy (non-hydrogen) atoms. The fourth-order valence-electron chi connectivity index (χ4n) is 3.23. The summed E-state index contributed by atoms with van der Waals surface area (Å²) in [4.78, 5) is 12.8. The minimum atomic E-state index is -3.94. The highest BCUT2D eigenvalue weighted by atomic mass is 35.5. The van der Waals surface area contributed by atoms with E-state index in [1.807, 2.05) is 13.8 Å². The lowest BCUT2D eigenvalue weighted by molar-refractivity contribution is -0.119. The maximum absolute atomic E-state index is 13.3. The Hall–Kier alpha value is -2.83. The van der Waals surface area contributed by atoms with E-state index in [0.717, 1.165) is 22.7 Å². The predicted molar refractivity (Wildman–Crippen MR) is 130 cm³/mol. The molecule has 3 aromatic carbocycles. The number of nitrogens with zero attached hydrogens (tertiary/aromatic N) is 1. The molecular weight excluding hydrogens is 444 g/mol. The lowest BCUT2D eigenvalue weighted by atomic mass is 10.1. The van der Waals surface area contributed by atoms with Crippen LogP contribution in [-0.2, 0) is 21.2 Å². The quantitative estimate of drug-likeness (QED) is 0.452. The van der Waals surface area contributed by atoms with Gasteiger partial charge in [-0.3, -0.25) is 9.10 Å². The molecule has 0 radical (unpaired) electrons. The van der Waals surface area contributed by atoms with Gasteiger partial charge in [-0.2, -0.15) is 0 Å². The van der Waals surface area contributed by atoms with E-state index in [1.165, 1.54) is 23.3 Å². The van der Waals surface area contributed by atoms with Crippen molar-refractivity contribution in [3.63, 3.8) is 0 Å². The van der Waals surface area contributed by atoms with E-state index in [0.29, 0.717) is 17.3 Å². The van der Waals surface area contributed by atoms with Gasteiger partial charge in [0.2, 0.25) is 5.91 Å². The minimum absolute atomic E-state index is 0.115. The second-order valence-electron chi connectivity index (χ2n) is 7.70. The summed E-state index contributed by atoms with van der Waals surface area (Å²) in [7, 11) is -3.94. The molecule has 0 aromatic heterocycles. The van der Waals surface area contributed by atoms with Crippen LogP contribution in [0.25, 0.3) is 0 Å². The molecule has 0 aliphatic heterocycles. The molecule has 0 unspecified atom stereocenters. The molecule has 1 N–H and O–H groups in total. The van der Waals surface area contributed by atoms with Crippen LogP contribution >= 0.6 is 11.6 Å². The number of aryl methyl sites for hydroxylation is 3. The van der Waals surface area contributed by atoms with Gasteiger partial charge >= 0.3 is 0 Å². The van der Waals surface area contributed by atoms with E-state index in [2.05, 4.69) is 29.6 Å². The van der Waals surface area contributed by atoms with Crippen molar-refractivity contribution in [2.45, 2.75) is 31.6 Å². The second kappa shape index (κ2) is 10.7. The first kappa shape index (κ1) is 23.8. The van der Waals surface area contributed by atoms with Crippen LogP contribution in [0.3, 0.4) is 0 Å². The summed E-state index contributed by atoms with van der Waals surface area (Å²) >= 11 is 6.24. The third-order valence-corrected chi connectivity index (χ3v) is 7.34. The number of rotatable bonds is 9. The van der Waals surface area contributed by atoms with Crippen LogP contribution in [0, 0.1) is 13.8 Å². The van der Waals surface area contributed by atoms with Crippen molar-refractivity contribution in [2.24, 2.45) is 0 Å². The standard InChI is InChI=1S/C25H27ClN2O3S/c1-19-10-13-21(14-11-19)7-6-16-27-25(29)18-28(22-15-12-20(2)24(26)17-22)32(30,31)23-8-4-3-5-9-23/h3-5,8-15,17H,6-7,16,18H2,1-2H3,(H,27,29). The fourth-order valence-corrected chi connectivity index (χ4v) is 4.84. The number of benzene rings is 3. The number of hydrogen-bond donors (Lipinski definition) is 1. The lowest BCUT2D eigenvalue weighted by Crippen LogP contribution is -2.41. The van der Waals surface area contributed by atoms with Gasteiger partial charge in [0.1, 0.15) is 6.54 Å². The fraction of sp³-hybridized carbons (Fsp3) is 0.240. The topological polar surface area (TPSA) is 66.5 Å². The number of halogens is 1. The SMILES string of the molecule is Cc1ccc(CCCNC(=O)CN(c2ccc(C)c(Cl)c2)S(=O)(=O)c2ccccc2)cc1. The van der Waals surface area contributed by atoms with E-state index in [4.69, 9.17) is 11.6 Å². The molecule has 0 aliphatic carbocycles. The summed E-state index contributed by atoms with van der Waals surface area (Å²) < 4.78 is 27.7. The molecule has 0 heterocycles. The molecule has 3 rings (SSSR count). The highest BCUT2D eigenvalue weighted by Crippen LogP contribution is 2.27. The third-order valence-electron chi connectivity index (χ3n) is 5.15. The van der Waals surface area contributed by atoms with Crippen molar-refractivity contribution in [1.82, 2.24) is 5.32 Å². The molecule has 0 spiro atoms. The lowest BCUT2D eigenvalue weighted by Gasteiger charge is -2.24. The highest BCUT2D eigenvalue weighted by Gasteiger charge is 2.27. The highest BCUT2D eigenvalue weighted by molar-refractivity contribution is 7.92. The number of nitrogens with one attached hydrogen (secondary N) is 1. The Bertz CT molecular complexity index is 1160. The van der Waals surface area contributed by atoms with Gasteiger partial charge in [0.25, 0.3) is 10.0 Å². The predicted octanol–water partition coefficient (Wildman–Crippen LogP) is 4.90. The molecular formula is C25H27ClN2O3S. The molecule has 168 valence electrons. The van der Waals surface area contributed by atoms with Gasteiger partial charge < -0.3 is 5.32 Å². The summed E-state index contributed by atoms with van der Waals surface area (Å²) in [5, 5.41) is 3.28. The zero-order chi connectivity index (χ0) is 23.1. The molecule has 0 fully saturated rings. The summed E-state index contributed by atoms with van der Waals surface area (Å²) in [6.45, 7) is 4.01. The minimum Gasteiger partial charge on any atom is -0.355 e. The van der Waals surface area contributed by atoms with E-state index >= 15 is 0 Å². The molecule has 7 heteroatoms. The van der Waals surface area contributed by atoms with Gasteiger partial charge in [-0.1, -0.05) is 65.7 Å². The molecule has 0 bridgehead atoms. The Kier molecular flexibility index (Phi) is 7.94. The van der Waals surface area contributed by atoms with Crippen LogP contribution in [-0.4, -0.2) is 27.4 Å². The number of carbonyl (C=O) groups excluding carboxylic acids is 1. The molecule has 0 aliphatic rings. The van der Waals surface area contributed by atoms with Crippen molar-refractivity contribution >= 4 is 33.2 Å². The largest absolute Gasteiger partial charge is 0.355 e. The van der Waals surface area contributed by atoms with Gasteiger partial charge in [-0.25, -0.2) is 8.42 Å². The van der Waals surface area contributed by atoms with E-state index in [1.54, 1.807) is 36.4 Å². The van der Waals surface area contributed by atoms with Gasteiger partial charge in [0.05, 0.1) is 10.6 Å². The van der Waals surface area contributed by atoms with Crippen LogP contribution in [0.2, 0.25) is 5.02 Å². The summed E-state index contributed by atoms with van der Waals surface area (Å²) in [5.74, 6) is -0.370. The average Bonchev–Trinajstić information content (AvgIpc) is 2.79. The Morgan fingerprint density at radius 1 is 0.969 bits per heavy atom. The van der Waals surface area contributed by atoms with Crippen LogP contribution in [0.1, 0.15) is 23.1 Å². The number of amides is 1. The van der Waals surface area contributed by atoms with Crippen molar-refractivity contribution < 1.29 is 13.2 Å². The first-order valence-corrected chi connectivity index (χ1v) is 12.3.